The van der Waals surface area contributed by atoms with Crippen molar-refractivity contribution in [2.24, 2.45) is 4.99 Å². The minimum Gasteiger partial charge on any atom is -0.341 e. The van der Waals surface area contributed by atoms with Gasteiger partial charge in [-0.05, 0) is 29.8 Å². The van der Waals surface area contributed by atoms with Gasteiger partial charge in [-0.3, -0.25) is 15.0 Å². The number of fused-ring (bicyclic) bond motifs is 1. The van der Waals surface area contributed by atoms with E-state index in [-0.39, 0.29) is 12.1 Å². The van der Waals surface area contributed by atoms with E-state index in [0.29, 0.717) is 5.25 Å². The Morgan fingerprint density at radius 2 is 2.00 bits per heavy atom. The zero-order valence-electron chi connectivity index (χ0n) is 11.8. The molecule has 0 spiro atoms. The van der Waals surface area contributed by atoms with E-state index in [4.69, 9.17) is 4.99 Å². The van der Waals surface area contributed by atoms with E-state index < -0.39 is 0 Å². The Bertz CT molecular complexity index is 658. The molecule has 0 aliphatic carbocycles. The van der Waals surface area contributed by atoms with E-state index in [0.717, 1.165) is 17.4 Å². The highest BCUT2D eigenvalue weighted by molar-refractivity contribution is 8.14. The number of nitrogens with zero attached hydrogens (tertiary/aromatic N) is 4. The number of hydrogen-bond acceptors (Lipinski definition) is 5. The van der Waals surface area contributed by atoms with Crippen LogP contribution in [0.5, 0.6) is 0 Å². The molecule has 3 atom stereocenters. The average Bonchev–Trinajstić information content (AvgIpc) is 3.05. The van der Waals surface area contributed by atoms with Gasteiger partial charge in [0.25, 0.3) is 0 Å². The summed E-state index contributed by atoms with van der Waals surface area (Å²) < 4.78 is 0. The predicted octanol–water partition coefficient (Wildman–Crippen LogP) is 3.07. The first kappa shape index (κ1) is 12.8. The molecule has 1 saturated heterocycles. The van der Waals surface area contributed by atoms with E-state index >= 15 is 0 Å². The normalized spacial score (nSPS) is 27.6. The van der Waals surface area contributed by atoms with Gasteiger partial charge in [0.15, 0.2) is 5.17 Å². The molecule has 106 valence electrons. The van der Waals surface area contributed by atoms with Gasteiger partial charge in [-0.2, -0.15) is 0 Å². The maximum atomic E-state index is 4.95. The molecule has 3 unspecified atom stereocenters. The minimum absolute atomic E-state index is 0.0728. The second kappa shape index (κ2) is 5.15. The van der Waals surface area contributed by atoms with Crippen molar-refractivity contribution < 1.29 is 0 Å². The van der Waals surface area contributed by atoms with Gasteiger partial charge in [-0.15, -0.1) is 0 Å². The lowest BCUT2D eigenvalue weighted by molar-refractivity contribution is 0.321. The predicted molar refractivity (Wildman–Crippen MR) is 85.2 cm³/mol. The Labute approximate surface area is 128 Å². The number of pyridine rings is 2. The standard InChI is InChI=1S/C16H16N4S/c1-11-10-20-15(12-5-8-17-9-6-12)14(19-16(20)21-11)13-4-2-3-7-18-13/h2-9,11,14-15H,10H2,1H3. The lowest BCUT2D eigenvalue weighted by atomic mass is 9.97. The van der Waals surface area contributed by atoms with E-state index in [9.17, 15) is 0 Å². The molecule has 2 aliphatic heterocycles. The molecule has 4 nitrogen and oxygen atoms in total. The highest BCUT2D eigenvalue weighted by atomic mass is 32.2. The van der Waals surface area contributed by atoms with Crippen molar-refractivity contribution in [2.45, 2.75) is 24.3 Å². The second-order valence-electron chi connectivity index (χ2n) is 5.42. The minimum atomic E-state index is 0.0728. The van der Waals surface area contributed by atoms with Gasteiger partial charge in [0.1, 0.15) is 6.04 Å². The Hall–Kier alpha value is -1.88. The van der Waals surface area contributed by atoms with Crippen molar-refractivity contribution in [3.63, 3.8) is 0 Å². The summed E-state index contributed by atoms with van der Waals surface area (Å²) in [6, 6.07) is 10.5. The maximum Gasteiger partial charge on any atom is 0.160 e. The fourth-order valence-corrected chi connectivity index (χ4v) is 4.13. The first-order valence-electron chi connectivity index (χ1n) is 7.15. The Morgan fingerprint density at radius 1 is 1.14 bits per heavy atom. The van der Waals surface area contributed by atoms with Crippen molar-refractivity contribution in [1.29, 1.82) is 0 Å². The molecule has 1 fully saturated rings. The number of amidine groups is 1. The highest BCUT2D eigenvalue weighted by Gasteiger charge is 2.43. The molecular formula is C16H16N4S. The molecule has 4 rings (SSSR count). The molecule has 0 radical (unpaired) electrons. The van der Waals surface area contributed by atoms with E-state index in [2.05, 4.69) is 40.0 Å². The van der Waals surface area contributed by atoms with Crippen LogP contribution in [-0.2, 0) is 0 Å². The van der Waals surface area contributed by atoms with Crippen LogP contribution in [0.1, 0.15) is 30.3 Å². The third-order valence-corrected chi connectivity index (χ3v) is 5.03. The molecule has 0 saturated carbocycles. The molecule has 2 aromatic heterocycles. The first-order chi connectivity index (χ1) is 10.3. The molecule has 4 heterocycles. The summed E-state index contributed by atoms with van der Waals surface area (Å²) in [5, 5.41) is 1.75. The third-order valence-electron chi connectivity index (χ3n) is 3.93. The van der Waals surface area contributed by atoms with Gasteiger partial charge in [0.2, 0.25) is 0 Å². The van der Waals surface area contributed by atoms with Crippen molar-refractivity contribution in [3.8, 4) is 0 Å². The van der Waals surface area contributed by atoms with Crippen molar-refractivity contribution >= 4 is 16.9 Å². The summed E-state index contributed by atoms with van der Waals surface area (Å²) in [7, 11) is 0. The number of rotatable bonds is 2. The van der Waals surface area contributed by atoms with E-state index in [1.165, 1.54) is 5.56 Å². The van der Waals surface area contributed by atoms with Crippen LogP contribution in [0.2, 0.25) is 0 Å². The van der Waals surface area contributed by atoms with Crippen LogP contribution in [0.3, 0.4) is 0 Å². The van der Waals surface area contributed by atoms with Crippen molar-refractivity contribution in [1.82, 2.24) is 14.9 Å². The Kier molecular flexibility index (Phi) is 3.15. The maximum absolute atomic E-state index is 4.95. The number of thioether (sulfide) groups is 1. The van der Waals surface area contributed by atoms with Crippen LogP contribution in [0.15, 0.2) is 53.9 Å². The van der Waals surface area contributed by atoms with Gasteiger partial charge in [0.05, 0.1) is 11.7 Å². The van der Waals surface area contributed by atoms with Crippen LogP contribution < -0.4 is 0 Å². The lowest BCUT2D eigenvalue weighted by Crippen LogP contribution is -2.28. The average molecular weight is 296 g/mol. The molecule has 0 aromatic carbocycles. The van der Waals surface area contributed by atoms with Crippen LogP contribution in [0.4, 0.5) is 0 Å². The molecule has 0 N–H and O–H groups in total. The van der Waals surface area contributed by atoms with Gasteiger partial charge in [-0.25, -0.2) is 0 Å². The lowest BCUT2D eigenvalue weighted by Gasteiger charge is -2.27. The molecule has 5 heteroatoms. The fraction of sp³-hybridized carbons (Fsp3) is 0.312. The quantitative estimate of drug-likeness (QED) is 0.854. The highest BCUT2D eigenvalue weighted by Crippen LogP contribution is 2.47. The van der Waals surface area contributed by atoms with Gasteiger partial charge >= 0.3 is 0 Å². The Balaban J connectivity index is 1.77. The van der Waals surface area contributed by atoms with Gasteiger partial charge in [0, 0.05) is 30.4 Å². The summed E-state index contributed by atoms with van der Waals surface area (Å²) in [6.07, 6.45) is 5.56. The van der Waals surface area contributed by atoms with Crippen LogP contribution >= 0.6 is 11.8 Å². The van der Waals surface area contributed by atoms with Crippen molar-refractivity contribution in [3.05, 3.63) is 60.2 Å². The Morgan fingerprint density at radius 3 is 2.76 bits per heavy atom. The number of hydrogen-bond donors (Lipinski definition) is 0. The molecule has 0 bridgehead atoms. The molecule has 2 aromatic rings. The molecule has 0 amide bonds. The number of aliphatic imine (C=N–C) groups is 1. The summed E-state index contributed by atoms with van der Waals surface area (Å²) >= 11 is 1.87. The van der Waals surface area contributed by atoms with Crippen LogP contribution in [0.25, 0.3) is 0 Å². The third kappa shape index (κ3) is 2.21. The number of aromatic nitrogens is 2. The largest absolute Gasteiger partial charge is 0.341 e. The fourth-order valence-electron chi connectivity index (χ4n) is 3.04. The SMILES string of the molecule is CC1CN2C(=NC(c3ccccn3)C2c2ccncc2)S1. The van der Waals surface area contributed by atoms with Crippen LogP contribution in [0, 0.1) is 0 Å². The monoisotopic (exact) mass is 296 g/mol. The zero-order chi connectivity index (χ0) is 14.2. The summed E-state index contributed by atoms with van der Waals surface area (Å²) in [5.41, 5.74) is 2.29. The topological polar surface area (TPSA) is 41.4 Å². The van der Waals surface area contributed by atoms with E-state index in [1.54, 1.807) is 0 Å². The van der Waals surface area contributed by atoms with E-state index in [1.807, 2.05) is 42.5 Å². The van der Waals surface area contributed by atoms with Gasteiger partial charge in [-0.1, -0.05) is 24.8 Å². The smallest absolute Gasteiger partial charge is 0.160 e. The molecule has 2 aliphatic rings. The second-order valence-corrected chi connectivity index (χ2v) is 6.82. The summed E-state index contributed by atoms with van der Waals surface area (Å²) in [6.45, 7) is 3.30. The molecule has 21 heavy (non-hydrogen) atoms. The van der Waals surface area contributed by atoms with Crippen molar-refractivity contribution in [2.75, 3.05) is 6.54 Å². The molecular weight excluding hydrogens is 280 g/mol. The summed E-state index contributed by atoms with van der Waals surface area (Å²) in [5.74, 6) is 0. The first-order valence-corrected chi connectivity index (χ1v) is 8.03. The zero-order valence-corrected chi connectivity index (χ0v) is 12.6. The van der Waals surface area contributed by atoms with Gasteiger partial charge < -0.3 is 4.90 Å². The van der Waals surface area contributed by atoms with Crippen LogP contribution in [-0.4, -0.2) is 31.8 Å². The summed E-state index contributed by atoms with van der Waals surface area (Å²) in [4.78, 5) is 16.0.